The molecule has 0 aliphatic rings. The van der Waals surface area contributed by atoms with Crippen molar-refractivity contribution in [3.8, 4) is 0 Å². The third kappa shape index (κ3) is 2.19. The van der Waals surface area contributed by atoms with Gasteiger partial charge in [-0.3, -0.25) is 4.79 Å². The quantitative estimate of drug-likeness (QED) is 0.550. The van der Waals surface area contributed by atoms with Gasteiger partial charge in [0.2, 0.25) is 0 Å². The molecule has 2 aromatic carbocycles. The highest BCUT2D eigenvalue weighted by atomic mass is 35.5. The number of carbonyl (C=O) groups excluding carboxylic acids is 1. The summed E-state index contributed by atoms with van der Waals surface area (Å²) in [5.74, 6) is -5.08. The van der Waals surface area contributed by atoms with Crippen molar-refractivity contribution in [1.29, 1.82) is 0 Å². The predicted octanol–water partition coefficient (Wildman–Crippen LogP) is 4.47. The molecule has 21 heavy (non-hydrogen) atoms. The fourth-order valence-corrected chi connectivity index (χ4v) is 2.44. The summed E-state index contributed by atoms with van der Waals surface area (Å²) < 4.78 is 39.4. The molecular formula is C15H7ClF3NO. The number of benzene rings is 2. The molecule has 0 atom stereocenters. The van der Waals surface area contributed by atoms with Crippen molar-refractivity contribution in [2.75, 3.05) is 0 Å². The minimum Gasteiger partial charge on any atom is -0.360 e. The lowest BCUT2D eigenvalue weighted by molar-refractivity contribution is 0.103. The van der Waals surface area contributed by atoms with E-state index in [9.17, 15) is 18.0 Å². The standard InChI is InChI=1S/C15H7ClF3NO/c16-9-2-1-3-12-13(9)8(6-20-12)15(21)7-4-10(17)14(19)11(18)5-7/h1-6,20H. The van der Waals surface area contributed by atoms with E-state index in [-0.39, 0.29) is 11.1 Å². The number of rotatable bonds is 2. The van der Waals surface area contributed by atoms with Crippen LogP contribution in [0.15, 0.2) is 36.5 Å². The van der Waals surface area contributed by atoms with Crippen LogP contribution in [0.3, 0.4) is 0 Å². The molecule has 1 aromatic heterocycles. The first-order valence-corrected chi connectivity index (χ1v) is 6.31. The van der Waals surface area contributed by atoms with Gasteiger partial charge in [0.25, 0.3) is 0 Å². The van der Waals surface area contributed by atoms with Crippen molar-refractivity contribution in [1.82, 2.24) is 4.98 Å². The summed E-state index contributed by atoms with van der Waals surface area (Å²) in [6.45, 7) is 0. The van der Waals surface area contributed by atoms with Crippen LogP contribution < -0.4 is 0 Å². The van der Waals surface area contributed by atoms with E-state index in [1.54, 1.807) is 18.2 Å². The third-order valence-electron chi connectivity index (χ3n) is 3.15. The molecule has 1 N–H and O–H groups in total. The fourth-order valence-electron chi connectivity index (χ4n) is 2.16. The van der Waals surface area contributed by atoms with Gasteiger partial charge in [0, 0.05) is 28.2 Å². The van der Waals surface area contributed by atoms with Crippen molar-refractivity contribution < 1.29 is 18.0 Å². The van der Waals surface area contributed by atoms with Gasteiger partial charge in [-0.1, -0.05) is 17.7 Å². The fraction of sp³-hybridized carbons (Fsp3) is 0. The van der Waals surface area contributed by atoms with Gasteiger partial charge in [0.1, 0.15) is 0 Å². The van der Waals surface area contributed by atoms with Gasteiger partial charge in [0.15, 0.2) is 23.2 Å². The van der Waals surface area contributed by atoms with Crippen LogP contribution in [0.1, 0.15) is 15.9 Å². The Morgan fingerprint density at radius 1 is 1.10 bits per heavy atom. The summed E-state index contributed by atoms with van der Waals surface area (Å²) >= 11 is 6.04. The molecule has 0 saturated heterocycles. The Morgan fingerprint density at radius 3 is 2.43 bits per heavy atom. The molecule has 0 radical (unpaired) electrons. The van der Waals surface area contributed by atoms with E-state index in [1.165, 1.54) is 6.20 Å². The molecule has 106 valence electrons. The number of nitrogens with one attached hydrogen (secondary N) is 1. The lowest BCUT2D eigenvalue weighted by Crippen LogP contribution is -2.04. The Morgan fingerprint density at radius 2 is 1.76 bits per heavy atom. The third-order valence-corrected chi connectivity index (χ3v) is 3.46. The summed E-state index contributed by atoms with van der Waals surface area (Å²) in [5, 5.41) is 0.787. The van der Waals surface area contributed by atoms with Gasteiger partial charge in [0.05, 0.1) is 5.02 Å². The van der Waals surface area contributed by atoms with Gasteiger partial charge in [-0.15, -0.1) is 0 Å². The molecule has 0 amide bonds. The topological polar surface area (TPSA) is 32.9 Å². The highest BCUT2D eigenvalue weighted by molar-refractivity contribution is 6.37. The summed E-state index contributed by atoms with van der Waals surface area (Å²) in [7, 11) is 0. The van der Waals surface area contributed by atoms with Crippen molar-refractivity contribution in [3.63, 3.8) is 0 Å². The van der Waals surface area contributed by atoms with Crippen LogP contribution in [-0.2, 0) is 0 Å². The number of fused-ring (bicyclic) bond motifs is 1. The zero-order valence-electron chi connectivity index (χ0n) is 10.4. The van der Waals surface area contributed by atoms with E-state index in [2.05, 4.69) is 4.98 Å². The van der Waals surface area contributed by atoms with Crippen LogP contribution in [0.5, 0.6) is 0 Å². The number of H-pyrrole nitrogens is 1. The Labute approximate surface area is 122 Å². The van der Waals surface area contributed by atoms with Gasteiger partial charge < -0.3 is 4.98 Å². The Kier molecular flexibility index (Phi) is 3.22. The van der Waals surface area contributed by atoms with Crippen molar-refractivity contribution in [2.24, 2.45) is 0 Å². The normalized spacial score (nSPS) is 11.0. The molecule has 1 heterocycles. The Balaban J connectivity index is 2.17. The summed E-state index contributed by atoms with van der Waals surface area (Å²) in [4.78, 5) is 15.2. The van der Waals surface area contributed by atoms with Crippen LogP contribution in [0, 0.1) is 17.5 Å². The van der Waals surface area contributed by atoms with Crippen LogP contribution in [0.25, 0.3) is 10.9 Å². The van der Waals surface area contributed by atoms with Gasteiger partial charge in [-0.2, -0.15) is 0 Å². The number of carbonyl (C=O) groups is 1. The van der Waals surface area contributed by atoms with E-state index in [0.717, 1.165) is 0 Å². The molecule has 0 fully saturated rings. The zero-order valence-corrected chi connectivity index (χ0v) is 11.1. The van der Waals surface area contributed by atoms with Gasteiger partial charge >= 0.3 is 0 Å². The molecule has 0 aliphatic carbocycles. The summed E-state index contributed by atoms with van der Waals surface area (Å²) in [5.41, 5.74) is 0.502. The maximum absolute atomic E-state index is 13.2. The van der Waals surface area contributed by atoms with Crippen molar-refractivity contribution in [2.45, 2.75) is 0 Å². The van der Waals surface area contributed by atoms with Crippen molar-refractivity contribution >= 4 is 28.3 Å². The lowest BCUT2D eigenvalue weighted by atomic mass is 10.0. The van der Waals surface area contributed by atoms with E-state index >= 15 is 0 Å². The molecule has 6 heteroatoms. The number of aromatic amines is 1. The SMILES string of the molecule is O=C(c1cc(F)c(F)c(F)c1)c1c[nH]c2cccc(Cl)c12. The average Bonchev–Trinajstić information content (AvgIpc) is 2.89. The number of halogens is 4. The molecule has 3 aromatic rings. The summed E-state index contributed by atoms with van der Waals surface area (Å²) in [6, 6.07) is 6.34. The second-order valence-corrected chi connectivity index (χ2v) is 4.85. The molecule has 0 bridgehead atoms. The molecule has 0 spiro atoms. The van der Waals surface area contributed by atoms with Crippen LogP contribution >= 0.6 is 11.6 Å². The van der Waals surface area contributed by atoms with E-state index in [1.807, 2.05) is 0 Å². The van der Waals surface area contributed by atoms with Crippen molar-refractivity contribution in [3.05, 3.63) is 70.1 Å². The Hall–Kier alpha value is -2.27. The van der Waals surface area contributed by atoms with Crippen LogP contribution in [0.2, 0.25) is 5.02 Å². The number of aromatic nitrogens is 1. The monoisotopic (exact) mass is 309 g/mol. The molecule has 0 aliphatic heterocycles. The molecule has 0 unspecified atom stereocenters. The predicted molar refractivity (Wildman–Crippen MR) is 73.1 cm³/mol. The lowest BCUT2D eigenvalue weighted by Gasteiger charge is -2.03. The molecule has 2 nitrogen and oxygen atoms in total. The highest BCUT2D eigenvalue weighted by Crippen LogP contribution is 2.28. The second kappa shape index (κ2) is 4.93. The number of ketones is 1. The van der Waals surface area contributed by atoms with Gasteiger partial charge in [-0.05, 0) is 24.3 Å². The maximum atomic E-state index is 13.2. The minimum absolute atomic E-state index is 0.168. The molecular weight excluding hydrogens is 303 g/mol. The smallest absolute Gasteiger partial charge is 0.195 e. The first-order chi connectivity index (χ1) is 9.99. The average molecular weight is 310 g/mol. The van der Waals surface area contributed by atoms with E-state index in [0.29, 0.717) is 28.1 Å². The second-order valence-electron chi connectivity index (χ2n) is 4.45. The maximum Gasteiger partial charge on any atom is 0.195 e. The van der Waals surface area contributed by atoms with E-state index in [4.69, 9.17) is 11.6 Å². The first-order valence-electron chi connectivity index (χ1n) is 5.94. The highest BCUT2D eigenvalue weighted by Gasteiger charge is 2.20. The zero-order chi connectivity index (χ0) is 15.1. The summed E-state index contributed by atoms with van der Waals surface area (Å²) in [6.07, 6.45) is 1.40. The molecule has 3 rings (SSSR count). The minimum atomic E-state index is -1.61. The van der Waals surface area contributed by atoms with E-state index < -0.39 is 23.2 Å². The molecule has 0 saturated carbocycles. The Bertz CT molecular complexity index is 849. The number of hydrogen-bond acceptors (Lipinski definition) is 1. The number of hydrogen-bond donors (Lipinski definition) is 1. The van der Waals surface area contributed by atoms with Gasteiger partial charge in [-0.25, -0.2) is 13.2 Å². The van der Waals surface area contributed by atoms with Crippen LogP contribution in [0.4, 0.5) is 13.2 Å². The largest absolute Gasteiger partial charge is 0.360 e. The first kappa shape index (κ1) is 13.7. The van der Waals surface area contributed by atoms with Crippen LogP contribution in [-0.4, -0.2) is 10.8 Å².